The maximum atomic E-state index is 13.6. The number of carbonyl (C=O) groups excluding carboxylic acids is 1. The van der Waals surface area contributed by atoms with E-state index in [1.54, 1.807) is 16.4 Å². The highest BCUT2D eigenvalue weighted by atomic mass is 32.2. The number of rotatable bonds is 7. The first-order valence-corrected chi connectivity index (χ1v) is 12.3. The summed E-state index contributed by atoms with van der Waals surface area (Å²) in [7, 11) is -0.756. The summed E-state index contributed by atoms with van der Waals surface area (Å²) in [5.74, 6) is 1.21. The summed E-state index contributed by atoms with van der Waals surface area (Å²) in [4.78, 5) is 12.4. The molecule has 4 rings (SSSR count). The number of ether oxygens (including phenoxy) is 2. The van der Waals surface area contributed by atoms with E-state index in [1.807, 2.05) is 0 Å². The smallest absolute Gasteiger partial charge is 0.246 e. The molecule has 1 unspecified atom stereocenters. The number of benzene rings is 1. The van der Waals surface area contributed by atoms with E-state index in [0.29, 0.717) is 31.1 Å². The van der Waals surface area contributed by atoms with Crippen LogP contribution in [0.1, 0.15) is 44.9 Å². The molecule has 0 bridgehead atoms. The summed E-state index contributed by atoms with van der Waals surface area (Å²) in [5, 5.41) is 3.11. The number of hydrogen-bond donors (Lipinski definition) is 1. The van der Waals surface area contributed by atoms with Gasteiger partial charge in [0.05, 0.1) is 14.2 Å². The van der Waals surface area contributed by atoms with Crippen molar-refractivity contribution in [2.45, 2.75) is 49.8 Å². The van der Waals surface area contributed by atoms with Crippen LogP contribution in [0.2, 0.25) is 0 Å². The van der Waals surface area contributed by atoms with Crippen molar-refractivity contribution < 1.29 is 22.7 Å². The number of carbonyl (C=O) groups is 1. The van der Waals surface area contributed by atoms with Gasteiger partial charge in [0, 0.05) is 31.6 Å². The Morgan fingerprint density at radius 2 is 1.90 bits per heavy atom. The zero-order chi connectivity index (χ0) is 21.4. The quantitative estimate of drug-likeness (QED) is 0.710. The highest BCUT2D eigenvalue weighted by Gasteiger charge is 2.50. The van der Waals surface area contributed by atoms with Gasteiger partial charge >= 0.3 is 0 Å². The van der Waals surface area contributed by atoms with E-state index in [-0.39, 0.29) is 28.1 Å². The SMILES string of the molecule is COc1ccc(OC)c(S(=O)(=O)N2CC(CNC(=O)C3CC3)C3(CCCCC3)C2)c1. The van der Waals surface area contributed by atoms with E-state index in [0.717, 1.165) is 38.5 Å². The second kappa shape index (κ2) is 8.38. The molecule has 1 aliphatic heterocycles. The third kappa shape index (κ3) is 4.04. The lowest BCUT2D eigenvalue weighted by molar-refractivity contribution is -0.122. The normalized spacial score (nSPS) is 24.0. The predicted molar refractivity (Wildman–Crippen MR) is 113 cm³/mol. The highest BCUT2D eigenvalue weighted by Crippen LogP contribution is 2.49. The van der Waals surface area contributed by atoms with Crippen molar-refractivity contribution in [3.63, 3.8) is 0 Å². The van der Waals surface area contributed by atoms with Gasteiger partial charge in [-0.3, -0.25) is 4.79 Å². The number of nitrogens with zero attached hydrogens (tertiary/aromatic N) is 1. The fourth-order valence-electron chi connectivity index (χ4n) is 5.11. The Bertz CT molecular complexity index is 891. The zero-order valence-corrected chi connectivity index (χ0v) is 18.7. The lowest BCUT2D eigenvalue weighted by Crippen LogP contribution is -2.40. The van der Waals surface area contributed by atoms with Gasteiger partial charge in [-0.05, 0) is 49.1 Å². The van der Waals surface area contributed by atoms with Gasteiger partial charge in [0.15, 0.2) is 0 Å². The van der Waals surface area contributed by atoms with Crippen LogP contribution < -0.4 is 14.8 Å². The Labute approximate surface area is 179 Å². The van der Waals surface area contributed by atoms with Gasteiger partial charge in [-0.25, -0.2) is 8.42 Å². The first kappa shape index (κ1) is 21.4. The maximum absolute atomic E-state index is 13.6. The number of nitrogens with one attached hydrogen (secondary N) is 1. The number of hydrogen-bond acceptors (Lipinski definition) is 5. The van der Waals surface area contributed by atoms with Crippen molar-refractivity contribution in [3.05, 3.63) is 18.2 Å². The molecule has 0 aromatic heterocycles. The van der Waals surface area contributed by atoms with Gasteiger partial charge < -0.3 is 14.8 Å². The Hall–Kier alpha value is -1.80. The molecule has 3 aliphatic rings. The Morgan fingerprint density at radius 3 is 2.53 bits per heavy atom. The van der Waals surface area contributed by atoms with Gasteiger partial charge in [0.1, 0.15) is 16.4 Å². The van der Waals surface area contributed by atoms with Crippen molar-refractivity contribution in [1.82, 2.24) is 9.62 Å². The van der Waals surface area contributed by atoms with Crippen LogP contribution in [0.4, 0.5) is 0 Å². The van der Waals surface area contributed by atoms with Crippen molar-refractivity contribution in [3.8, 4) is 11.5 Å². The minimum atomic E-state index is -3.75. The first-order chi connectivity index (χ1) is 14.4. The maximum Gasteiger partial charge on any atom is 0.246 e. The molecule has 1 atom stereocenters. The molecular formula is C22H32N2O5S. The molecule has 3 fully saturated rings. The van der Waals surface area contributed by atoms with E-state index in [1.165, 1.54) is 26.7 Å². The van der Waals surface area contributed by atoms with E-state index < -0.39 is 10.0 Å². The summed E-state index contributed by atoms with van der Waals surface area (Å²) in [5.41, 5.74) is -0.0613. The lowest BCUT2D eigenvalue weighted by atomic mass is 9.68. The molecule has 2 aliphatic carbocycles. The molecule has 1 spiro atoms. The molecule has 166 valence electrons. The Balaban J connectivity index is 1.60. The average Bonchev–Trinajstić information content (AvgIpc) is 3.56. The van der Waals surface area contributed by atoms with Crippen LogP contribution in [0.3, 0.4) is 0 Å². The van der Waals surface area contributed by atoms with Crippen LogP contribution in [-0.4, -0.2) is 52.5 Å². The van der Waals surface area contributed by atoms with E-state index in [4.69, 9.17) is 9.47 Å². The van der Waals surface area contributed by atoms with Gasteiger partial charge in [-0.15, -0.1) is 0 Å². The van der Waals surface area contributed by atoms with E-state index >= 15 is 0 Å². The van der Waals surface area contributed by atoms with Crippen molar-refractivity contribution in [2.24, 2.45) is 17.3 Å². The summed E-state index contributed by atoms with van der Waals surface area (Å²) in [6.45, 7) is 1.48. The largest absolute Gasteiger partial charge is 0.497 e. The topological polar surface area (TPSA) is 84.9 Å². The second-order valence-electron chi connectivity index (χ2n) is 8.95. The van der Waals surface area contributed by atoms with Crippen LogP contribution in [0.15, 0.2) is 23.1 Å². The summed E-state index contributed by atoms with van der Waals surface area (Å²) in [6.07, 6.45) is 7.39. The highest BCUT2D eigenvalue weighted by molar-refractivity contribution is 7.89. The fraction of sp³-hybridized carbons (Fsp3) is 0.682. The Morgan fingerprint density at radius 1 is 1.17 bits per heavy atom. The summed E-state index contributed by atoms with van der Waals surface area (Å²) < 4.78 is 39.4. The van der Waals surface area contributed by atoms with Crippen LogP contribution in [-0.2, 0) is 14.8 Å². The van der Waals surface area contributed by atoms with Crippen molar-refractivity contribution >= 4 is 15.9 Å². The second-order valence-corrected chi connectivity index (χ2v) is 10.9. The number of amides is 1. The van der Waals surface area contributed by atoms with E-state index in [2.05, 4.69) is 5.32 Å². The number of sulfonamides is 1. The monoisotopic (exact) mass is 436 g/mol. The Kier molecular flexibility index (Phi) is 5.99. The summed E-state index contributed by atoms with van der Waals surface area (Å²) >= 11 is 0. The standard InChI is InChI=1S/C22H32N2O5S/c1-28-18-8-9-19(29-2)20(12-18)30(26,27)24-14-17(13-23-21(25)16-6-7-16)22(15-24)10-4-3-5-11-22/h8-9,12,16-17H,3-7,10-11,13-15H2,1-2H3,(H,23,25). The number of methoxy groups -OCH3 is 2. The molecular weight excluding hydrogens is 404 g/mol. The molecule has 0 radical (unpaired) electrons. The van der Waals surface area contributed by atoms with Gasteiger partial charge in [-0.1, -0.05) is 19.3 Å². The van der Waals surface area contributed by atoms with Gasteiger partial charge in [0.2, 0.25) is 15.9 Å². The van der Waals surface area contributed by atoms with Crippen LogP contribution in [0.25, 0.3) is 0 Å². The van der Waals surface area contributed by atoms with Gasteiger partial charge in [0.25, 0.3) is 0 Å². The van der Waals surface area contributed by atoms with Gasteiger partial charge in [-0.2, -0.15) is 4.31 Å². The third-order valence-electron chi connectivity index (χ3n) is 7.09. The fourth-order valence-corrected chi connectivity index (χ4v) is 6.86. The molecule has 1 amide bonds. The minimum Gasteiger partial charge on any atom is -0.497 e. The van der Waals surface area contributed by atoms with Crippen LogP contribution in [0, 0.1) is 17.3 Å². The molecule has 1 aromatic carbocycles. The molecule has 1 aromatic rings. The molecule has 7 nitrogen and oxygen atoms in total. The zero-order valence-electron chi connectivity index (χ0n) is 17.9. The lowest BCUT2D eigenvalue weighted by Gasteiger charge is -2.38. The molecule has 2 saturated carbocycles. The minimum absolute atomic E-state index is 0.0613. The van der Waals surface area contributed by atoms with Crippen LogP contribution >= 0.6 is 0 Å². The predicted octanol–water partition coefficient (Wildman–Crippen LogP) is 2.80. The molecule has 1 N–H and O–H groups in total. The van der Waals surface area contributed by atoms with Crippen molar-refractivity contribution in [1.29, 1.82) is 0 Å². The molecule has 30 heavy (non-hydrogen) atoms. The molecule has 8 heteroatoms. The summed E-state index contributed by atoms with van der Waals surface area (Å²) in [6, 6.07) is 4.86. The molecule has 1 heterocycles. The first-order valence-electron chi connectivity index (χ1n) is 10.9. The van der Waals surface area contributed by atoms with E-state index in [9.17, 15) is 13.2 Å². The van der Waals surface area contributed by atoms with Crippen molar-refractivity contribution in [2.75, 3.05) is 33.9 Å². The average molecular weight is 437 g/mol. The third-order valence-corrected chi connectivity index (χ3v) is 8.92. The molecule has 1 saturated heterocycles. The van der Waals surface area contributed by atoms with Crippen LogP contribution in [0.5, 0.6) is 11.5 Å².